The minimum atomic E-state index is -0.470. The highest BCUT2D eigenvalue weighted by molar-refractivity contribution is 9.10. The van der Waals surface area contributed by atoms with E-state index in [1.807, 2.05) is 6.07 Å². The summed E-state index contributed by atoms with van der Waals surface area (Å²) in [6.07, 6.45) is 2.91. The quantitative estimate of drug-likeness (QED) is 0.568. The van der Waals surface area contributed by atoms with Crippen LogP contribution in [0.2, 0.25) is 0 Å². The minimum Gasteiger partial charge on any atom is -0.456 e. The third kappa shape index (κ3) is 4.13. The van der Waals surface area contributed by atoms with E-state index in [0.717, 1.165) is 24.3 Å². The second-order valence-corrected chi connectivity index (χ2v) is 7.33. The Balaban J connectivity index is 1.76. The maximum Gasteiger partial charge on any atom is 0.339 e. The fourth-order valence-corrected chi connectivity index (χ4v) is 3.65. The smallest absolute Gasteiger partial charge is 0.339 e. The zero-order valence-electron chi connectivity index (χ0n) is 13.6. The molecule has 0 saturated carbocycles. The van der Waals surface area contributed by atoms with Gasteiger partial charge in [0.15, 0.2) is 0 Å². The molecule has 0 atom stereocenters. The van der Waals surface area contributed by atoms with Crippen LogP contribution in [0.1, 0.15) is 40.8 Å². The van der Waals surface area contributed by atoms with Crippen molar-refractivity contribution >= 4 is 38.2 Å². The van der Waals surface area contributed by atoms with Crippen molar-refractivity contribution in [3.05, 3.63) is 61.4 Å². The molecule has 6 nitrogen and oxygen atoms in total. The first-order valence-corrected chi connectivity index (χ1v) is 9.49. The van der Waals surface area contributed by atoms with Gasteiger partial charge in [0.25, 0.3) is 5.56 Å². The molecule has 0 aliphatic heterocycles. The van der Waals surface area contributed by atoms with Crippen LogP contribution in [0.25, 0.3) is 4.96 Å². The number of unbranched alkanes of at least 4 members (excludes halogenated alkanes) is 1. The summed E-state index contributed by atoms with van der Waals surface area (Å²) in [5, 5.41) is 5.17. The van der Waals surface area contributed by atoms with Gasteiger partial charge in [-0.15, -0.1) is 0 Å². The number of aromatic nitrogens is 3. The maximum absolute atomic E-state index is 12.2. The van der Waals surface area contributed by atoms with Gasteiger partial charge in [-0.1, -0.05) is 36.8 Å². The summed E-state index contributed by atoms with van der Waals surface area (Å²) < 4.78 is 7.23. The molecule has 3 rings (SSSR count). The van der Waals surface area contributed by atoms with Crippen molar-refractivity contribution in [1.29, 1.82) is 0 Å². The molecule has 0 radical (unpaired) electrons. The van der Waals surface area contributed by atoms with E-state index in [4.69, 9.17) is 4.74 Å². The molecule has 25 heavy (non-hydrogen) atoms. The first kappa shape index (κ1) is 17.8. The first-order valence-electron chi connectivity index (χ1n) is 7.89. The molecule has 0 saturated heterocycles. The summed E-state index contributed by atoms with van der Waals surface area (Å²) in [5.74, 6) is -0.470. The van der Waals surface area contributed by atoms with Crippen LogP contribution < -0.4 is 5.56 Å². The Bertz CT molecular complexity index is 967. The second-order valence-electron chi connectivity index (χ2n) is 5.44. The van der Waals surface area contributed by atoms with Gasteiger partial charge in [0, 0.05) is 17.0 Å². The number of esters is 1. The van der Waals surface area contributed by atoms with Gasteiger partial charge < -0.3 is 4.74 Å². The lowest BCUT2D eigenvalue weighted by Gasteiger charge is -2.05. The van der Waals surface area contributed by atoms with E-state index in [2.05, 4.69) is 32.9 Å². The van der Waals surface area contributed by atoms with Crippen molar-refractivity contribution in [3.8, 4) is 0 Å². The summed E-state index contributed by atoms with van der Waals surface area (Å²) in [4.78, 5) is 29.2. The highest BCUT2D eigenvalue weighted by atomic mass is 79.9. The lowest BCUT2D eigenvalue weighted by Crippen LogP contribution is -2.16. The zero-order chi connectivity index (χ0) is 17.8. The topological polar surface area (TPSA) is 73.6 Å². The van der Waals surface area contributed by atoms with E-state index in [9.17, 15) is 9.59 Å². The van der Waals surface area contributed by atoms with E-state index in [-0.39, 0.29) is 12.2 Å². The van der Waals surface area contributed by atoms with Gasteiger partial charge in [0.2, 0.25) is 4.96 Å². The van der Waals surface area contributed by atoms with Crippen LogP contribution in [0.15, 0.2) is 39.6 Å². The Hall–Kier alpha value is -2.06. The van der Waals surface area contributed by atoms with E-state index >= 15 is 0 Å². The highest BCUT2D eigenvalue weighted by Gasteiger charge is 2.13. The van der Waals surface area contributed by atoms with Crippen LogP contribution in [0, 0.1) is 0 Å². The maximum atomic E-state index is 12.2. The molecule has 0 aliphatic carbocycles. The molecule has 0 bridgehead atoms. The molecule has 2 heterocycles. The number of rotatable bonds is 6. The van der Waals surface area contributed by atoms with Crippen molar-refractivity contribution in [2.45, 2.75) is 32.8 Å². The summed E-state index contributed by atoms with van der Waals surface area (Å²) in [5.41, 5.74) is 0.576. The Morgan fingerprint density at radius 1 is 1.36 bits per heavy atom. The summed E-state index contributed by atoms with van der Waals surface area (Å²) in [6, 6.07) is 8.36. The summed E-state index contributed by atoms with van der Waals surface area (Å²) >= 11 is 4.71. The predicted octanol–water partition coefficient (Wildman–Crippen LogP) is 3.61. The van der Waals surface area contributed by atoms with Gasteiger partial charge in [-0.25, -0.2) is 9.78 Å². The molecule has 0 amide bonds. The predicted molar refractivity (Wildman–Crippen MR) is 99.0 cm³/mol. The Kier molecular flexibility index (Phi) is 5.60. The normalized spacial score (nSPS) is 11.0. The molecule has 0 aliphatic rings. The number of hydrogen-bond donors (Lipinski definition) is 0. The first-order chi connectivity index (χ1) is 12.1. The number of ether oxygens (including phenoxy) is 1. The Labute approximate surface area is 156 Å². The monoisotopic (exact) mass is 421 g/mol. The van der Waals surface area contributed by atoms with E-state index in [0.29, 0.717) is 20.7 Å². The summed E-state index contributed by atoms with van der Waals surface area (Å²) in [6.45, 7) is 2.05. The van der Waals surface area contributed by atoms with Gasteiger partial charge in [-0.3, -0.25) is 4.79 Å². The Morgan fingerprint density at radius 2 is 2.16 bits per heavy atom. The largest absolute Gasteiger partial charge is 0.456 e. The van der Waals surface area contributed by atoms with Crippen molar-refractivity contribution in [2.75, 3.05) is 0 Å². The molecular formula is C17H16BrN3O3S. The number of aryl methyl sites for hydroxylation is 1. The summed E-state index contributed by atoms with van der Waals surface area (Å²) in [7, 11) is 0. The number of nitrogens with zero attached hydrogens (tertiary/aromatic N) is 3. The van der Waals surface area contributed by atoms with Gasteiger partial charge in [-0.2, -0.15) is 9.61 Å². The van der Waals surface area contributed by atoms with Crippen LogP contribution in [0.5, 0.6) is 0 Å². The van der Waals surface area contributed by atoms with Crippen LogP contribution in [-0.4, -0.2) is 20.6 Å². The number of fused-ring (bicyclic) bond motifs is 1. The lowest BCUT2D eigenvalue weighted by atomic mass is 10.2. The van der Waals surface area contributed by atoms with Crippen molar-refractivity contribution in [2.24, 2.45) is 0 Å². The molecule has 0 fully saturated rings. The van der Waals surface area contributed by atoms with Gasteiger partial charge in [0.05, 0.1) is 11.3 Å². The number of benzene rings is 1. The lowest BCUT2D eigenvalue weighted by molar-refractivity contribution is 0.0466. The van der Waals surface area contributed by atoms with Crippen LogP contribution >= 0.6 is 27.3 Å². The third-order valence-electron chi connectivity index (χ3n) is 3.53. The third-order valence-corrected chi connectivity index (χ3v) is 5.19. The van der Waals surface area contributed by atoms with E-state index in [1.54, 1.807) is 18.2 Å². The number of hydrogen-bond acceptors (Lipinski definition) is 6. The molecule has 3 aromatic rings. The second kappa shape index (κ2) is 7.88. The highest BCUT2D eigenvalue weighted by Crippen LogP contribution is 2.18. The van der Waals surface area contributed by atoms with E-state index in [1.165, 1.54) is 21.9 Å². The number of carbonyl (C=O) groups is 1. The average molecular weight is 422 g/mol. The molecule has 2 aromatic heterocycles. The molecule has 0 spiro atoms. The van der Waals surface area contributed by atoms with Crippen molar-refractivity contribution < 1.29 is 9.53 Å². The van der Waals surface area contributed by atoms with Crippen LogP contribution in [0.3, 0.4) is 0 Å². The van der Waals surface area contributed by atoms with Gasteiger partial charge in [0.1, 0.15) is 11.6 Å². The fourth-order valence-electron chi connectivity index (χ4n) is 2.24. The number of carbonyl (C=O) groups excluding carboxylic acids is 1. The van der Waals surface area contributed by atoms with Crippen molar-refractivity contribution in [3.63, 3.8) is 0 Å². The molecular weight excluding hydrogens is 406 g/mol. The average Bonchev–Trinajstić information content (AvgIpc) is 3.02. The molecule has 130 valence electrons. The Morgan fingerprint density at radius 3 is 2.92 bits per heavy atom. The SMILES string of the molecule is CCCCc1nn2c(=O)cc(COC(=O)c3ccccc3Br)nc2s1. The number of halogens is 1. The van der Waals surface area contributed by atoms with E-state index < -0.39 is 5.97 Å². The standard InChI is InChI=1S/C17H16BrN3O3S/c1-2-3-8-14-20-21-15(22)9-11(19-17(21)25-14)10-24-16(23)12-6-4-5-7-13(12)18/h4-7,9H,2-3,8,10H2,1H3. The molecule has 8 heteroatoms. The van der Waals surface area contributed by atoms with Gasteiger partial charge in [-0.05, 0) is 34.5 Å². The fraction of sp³-hybridized carbons (Fsp3) is 0.294. The van der Waals surface area contributed by atoms with Crippen LogP contribution in [0.4, 0.5) is 0 Å². The zero-order valence-corrected chi connectivity index (χ0v) is 16.0. The van der Waals surface area contributed by atoms with Gasteiger partial charge >= 0.3 is 5.97 Å². The molecule has 0 unspecified atom stereocenters. The van der Waals surface area contributed by atoms with Crippen molar-refractivity contribution in [1.82, 2.24) is 14.6 Å². The van der Waals surface area contributed by atoms with Crippen LogP contribution in [-0.2, 0) is 17.8 Å². The molecule has 1 aromatic carbocycles. The molecule has 0 N–H and O–H groups in total. The minimum absolute atomic E-state index is 0.0614.